The Morgan fingerprint density at radius 2 is 1.90 bits per heavy atom. The van der Waals surface area contributed by atoms with Gasteiger partial charge in [0, 0.05) is 5.54 Å². The monoisotopic (exact) mass is 281 g/mol. The van der Waals surface area contributed by atoms with Gasteiger partial charge in [-0.05, 0) is 62.2 Å². The summed E-state index contributed by atoms with van der Waals surface area (Å²) in [6, 6.07) is 0. The first kappa shape index (κ1) is 15.8. The van der Waals surface area contributed by atoms with Crippen molar-refractivity contribution in [2.75, 3.05) is 0 Å². The first-order chi connectivity index (χ1) is 9.26. The second kappa shape index (κ2) is 5.67. The second-order valence-electron chi connectivity index (χ2n) is 8.05. The van der Waals surface area contributed by atoms with Gasteiger partial charge in [0.2, 0.25) is 0 Å². The minimum atomic E-state index is -0.626. The minimum Gasteiger partial charge on any atom is -0.481 e. The average molecular weight is 281 g/mol. The van der Waals surface area contributed by atoms with E-state index in [1.54, 1.807) is 0 Å². The summed E-state index contributed by atoms with van der Waals surface area (Å²) in [6.07, 6.45) is 8.14. The van der Waals surface area contributed by atoms with Crippen molar-refractivity contribution >= 4 is 5.97 Å². The Bertz CT molecular complexity index is 356. The molecule has 2 rings (SSSR count). The SMILES string of the molecule is CC(C)C1CCC(C)(N)CC1C1(CC(=O)O)CCCC1. The fraction of sp³-hybridized carbons (Fsp3) is 0.941. The molecule has 0 aromatic carbocycles. The minimum absolute atomic E-state index is 0.0157. The molecule has 0 bridgehead atoms. The molecule has 3 N–H and O–H groups in total. The molecule has 3 nitrogen and oxygen atoms in total. The third-order valence-corrected chi connectivity index (χ3v) is 6.00. The number of hydrogen-bond donors (Lipinski definition) is 2. The van der Waals surface area contributed by atoms with E-state index in [9.17, 15) is 9.90 Å². The van der Waals surface area contributed by atoms with E-state index in [0.717, 1.165) is 32.1 Å². The van der Waals surface area contributed by atoms with Gasteiger partial charge in [-0.3, -0.25) is 4.79 Å². The molecule has 0 spiro atoms. The Labute approximate surface area is 123 Å². The van der Waals surface area contributed by atoms with Crippen molar-refractivity contribution in [3.05, 3.63) is 0 Å². The van der Waals surface area contributed by atoms with Crippen LogP contribution in [0.5, 0.6) is 0 Å². The lowest BCUT2D eigenvalue weighted by Crippen LogP contribution is -2.50. The fourth-order valence-corrected chi connectivity index (χ4v) is 4.98. The quantitative estimate of drug-likeness (QED) is 0.823. The van der Waals surface area contributed by atoms with Gasteiger partial charge in [0.15, 0.2) is 0 Å². The molecule has 0 radical (unpaired) electrons. The molecule has 0 aliphatic heterocycles. The van der Waals surface area contributed by atoms with Crippen molar-refractivity contribution < 1.29 is 9.90 Å². The van der Waals surface area contributed by atoms with Crippen LogP contribution in [0.4, 0.5) is 0 Å². The lowest BCUT2D eigenvalue weighted by atomic mass is 9.56. The van der Waals surface area contributed by atoms with Gasteiger partial charge >= 0.3 is 5.97 Å². The average Bonchev–Trinajstić information content (AvgIpc) is 2.76. The summed E-state index contributed by atoms with van der Waals surface area (Å²) in [5.74, 6) is 1.13. The molecule has 0 aromatic heterocycles. The Kier molecular flexibility index (Phi) is 4.48. The zero-order chi connectivity index (χ0) is 15.0. The molecule has 3 unspecified atom stereocenters. The molecular formula is C17H31NO2. The summed E-state index contributed by atoms with van der Waals surface area (Å²) in [6.45, 7) is 6.74. The van der Waals surface area contributed by atoms with Gasteiger partial charge in [-0.2, -0.15) is 0 Å². The number of carboxylic acids is 1. The van der Waals surface area contributed by atoms with E-state index < -0.39 is 5.97 Å². The lowest BCUT2D eigenvalue weighted by molar-refractivity contribution is -0.142. The van der Waals surface area contributed by atoms with Crippen LogP contribution in [0, 0.1) is 23.2 Å². The van der Waals surface area contributed by atoms with Crippen LogP contribution in [0.3, 0.4) is 0 Å². The van der Waals surface area contributed by atoms with Crippen LogP contribution >= 0.6 is 0 Å². The number of carboxylic acid groups (broad SMARTS) is 1. The molecule has 2 fully saturated rings. The van der Waals surface area contributed by atoms with Crippen molar-refractivity contribution in [1.29, 1.82) is 0 Å². The van der Waals surface area contributed by atoms with Crippen LogP contribution in [0.15, 0.2) is 0 Å². The van der Waals surface area contributed by atoms with Gasteiger partial charge in [0.25, 0.3) is 0 Å². The van der Waals surface area contributed by atoms with E-state index in [1.165, 1.54) is 12.8 Å². The number of hydrogen-bond acceptors (Lipinski definition) is 2. The highest BCUT2D eigenvalue weighted by Gasteiger charge is 2.50. The molecule has 2 saturated carbocycles. The molecule has 3 atom stereocenters. The summed E-state index contributed by atoms with van der Waals surface area (Å²) in [5, 5.41) is 9.39. The van der Waals surface area contributed by atoms with Crippen molar-refractivity contribution in [2.24, 2.45) is 28.9 Å². The van der Waals surface area contributed by atoms with E-state index in [-0.39, 0.29) is 11.0 Å². The Hall–Kier alpha value is -0.570. The highest BCUT2D eigenvalue weighted by atomic mass is 16.4. The largest absolute Gasteiger partial charge is 0.481 e. The third kappa shape index (κ3) is 3.19. The number of carbonyl (C=O) groups is 1. The van der Waals surface area contributed by atoms with E-state index in [0.29, 0.717) is 24.2 Å². The smallest absolute Gasteiger partial charge is 0.303 e. The lowest BCUT2D eigenvalue weighted by Gasteiger charge is -2.50. The summed E-state index contributed by atoms with van der Waals surface area (Å²) in [5.41, 5.74) is 6.35. The van der Waals surface area contributed by atoms with Gasteiger partial charge in [-0.1, -0.05) is 26.7 Å². The van der Waals surface area contributed by atoms with Gasteiger partial charge in [0.05, 0.1) is 6.42 Å². The van der Waals surface area contributed by atoms with E-state index in [2.05, 4.69) is 20.8 Å². The molecule has 20 heavy (non-hydrogen) atoms. The van der Waals surface area contributed by atoms with Crippen molar-refractivity contribution in [3.63, 3.8) is 0 Å². The maximum Gasteiger partial charge on any atom is 0.303 e. The Morgan fingerprint density at radius 3 is 2.40 bits per heavy atom. The highest BCUT2D eigenvalue weighted by molar-refractivity contribution is 5.67. The second-order valence-corrected chi connectivity index (χ2v) is 8.05. The van der Waals surface area contributed by atoms with E-state index >= 15 is 0 Å². The molecule has 2 aliphatic rings. The van der Waals surface area contributed by atoms with Gasteiger partial charge < -0.3 is 10.8 Å². The topological polar surface area (TPSA) is 63.3 Å². The summed E-state index contributed by atoms with van der Waals surface area (Å²) in [7, 11) is 0. The molecule has 2 aliphatic carbocycles. The normalized spacial score (nSPS) is 37.2. The zero-order valence-electron chi connectivity index (χ0n) is 13.3. The molecule has 0 amide bonds. The molecule has 116 valence electrons. The number of aliphatic carboxylic acids is 1. The highest BCUT2D eigenvalue weighted by Crippen LogP contribution is 2.56. The third-order valence-electron chi connectivity index (χ3n) is 6.00. The first-order valence-electron chi connectivity index (χ1n) is 8.26. The summed E-state index contributed by atoms with van der Waals surface area (Å²) in [4.78, 5) is 11.4. The number of nitrogens with two attached hydrogens (primary N) is 1. The number of rotatable bonds is 4. The van der Waals surface area contributed by atoms with Crippen molar-refractivity contribution in [2.45, 2.75) is 77.7 Å². The van der Waals surface area contributed by atoms with Gasteiger partial charge in [0.1, 0.15) is 0 Å². The standard InChI is InChI=1S/C17H31NO2/c1-12(2)13-6-9-16(3,18)10-14(13)17(11-15(19)20)7-4-5-8-17/h12-14H,4-11,18H2,1-3H3,(H,19,20). The van der Waals surface area contributed by atoms with Crippen LogP contribution in [-0.4, -0.2) is 16.6 Å². The van der Waals surface area contributed by atoms with E-state index in [4.69, 9.17) is 5.73 Å². The molecule has 0 saturated heterocycles. The van der Waals surface area contributed by atoms with Gasteiger partial charge in [-0.25, -0.2) is 0 Å². The fourth-order valence-electron chi connectivity index (χ4n) is 4.98. The van der Waals surface area contributed by atoms with E-state index in [1.807, 2.05) is 0 Å². The first-order valence-corrected chi connectivity index (χ1v) is 8.26. The molecular weight excluding hydrogens is 250 g/mol. The van der Waals surface area contributed by atoms with Crippen LogP contribution in [-0.2, 0) is 4.79 Å². The predicted octanol–water partition coefficient (Wildman–Crippen LogP) is 3.81. The molecule has 3 heteroatoms. The maximum absolute atomic E-state index is 11.4. The van der Waals surface area contributed by atoms with Crippen LogP contribution < -0.4 is 5.73 Å². The maximum atomic E-state index is 11.4. The molecule has 0 heterocycles. The van der Waals surface area contributed by atoms with Crippen molar-refractivity contribution in [3.8, 4) is 0 Å². The van der Waals surface area contributed by atoms with Crippen molar-refractivity contribution in [1.82, 2.24) is 0 Å². The predicted molar refractivity (Wildman–Crippen MR) is 81.4 cm³/mol. The van der Waals surface area contributed by atoms with Gasteiger partial charge in [-0.15, -0.1) is 0 Å². The van der Waals surface area contributed by atoms with Crippen LogP contribution in [0.2, 0.25) is 0 Å². The zero-order valence-corrected chi connectivity index (χ0v) is 13.3. The Balaban J connectivity index is 2.29. The van der Waals surface area contributed by atoms with Crippen LogP contribution in [0.25, 0.3) is 0 Å². The summed E-state index contributed by atoms with van der Waals surface area (Å²) >= 11 is 0. The van der Waals surface area contributed by atoms with Crippen LogP contribution in [0.1, 0.15) is 72.1 Å². The Morgan fingerprint density at radius 1 is 1.30 bits per heavy atom. The summed E-state index contributed by atoms with van der Waals surface area (Å²) < 4.78 is 0. The molecule has 0 aromatic rings.